The van der Waals surface area contributed by atoms with Crippen LogP contribution >= 0.6 is 0 Å². The average Bonchev–Trinajstić information content (AvgIpc) is 3.23. The van der Waals surface area contributed by atoms with E-state index in [0.717, 1.165) is 12.0 Å². The van der Waals surface area contributed by atoms with E-state index in [9.17, 15) is 14.7 Å². The summed E-state index contributed by atoms with van der Waals surface area (Å²) in [6.45, 7) is 5.59. The fourth-order valence-electron chi connectivity index (χ4n) is 4.55. The first-order chi connectivity index (χ1) is 19.5. The van der Waals surface area contributed by atoms with Gasteiger partial charge < -0.3 is 29.0 Å². The van der Waals surface area contributed by atoms with Crippen molar-refractivity contribution in [2.24, 2.45) is 0 Å². The number of carbonyl (C=O) groups excluding carboxylic acids is 2. The van der Waals surface area contributed by atoms with E-state index in [4.69, 9.17) is 18.9 Å². The number of carbonyl (C=O) groups is 2. The van der Waals surface area contributed by atoms with Crippen molar-refractivity contribution >= 4 is 17.4 Å². The minimum Gasteiger partial charge on any atom is -0.507 e. The number of ether oxygens (including phenoxy) is 4. The largest absolute Gasteiger partial charge is 0.507 e. The molecule has 210 valence electrons. The molecule has 1 unspecified atom stereocenters. The first-order valence-corrected chi connectivity index (χ1v) is 13.4. The molecule has 1 N–H and O–H groups in total. The third-order valence-electron chi connectivity index (χ3n) is 6.50. The van der Waals surface area contributed by atoms with Gasteiger partial charge >= 0.3 is 0 Å². The molecule has 8 nitrogen and oxygen atoms in total. The van der Waals surface area contributed by atoms with Crippen LogP contribution in [0.3, 0.4) is 0 Å². The summed E-state index contributed by atoms with van der Waals surface area (Å²) in [5.74, 6) is -0.0478. The second kappa shape index (κ2) is 13.7. The van der Waals surface area contributed by atoms with Crippen molar-refractivity contribution in [2.45, 2.75) is 32.9 Å². The van der Waals surface area contributed by atoms with E-state index in [1.807, 2.05) is 44.2 Å². The molecular weight excluding hydrogens is 510 g/mol. The highest BCUT2D eigenvalue weighted by Crippen LogP contribution is 2.42. The van der Waals surface area contributed by atoms with Gasteiger partial charge in [0.25, 0.3) is 11.7 Å². The molecule has 0 radical (unpaired) electrons. The van der Waals surface area contributed by atoms with Crippen LogP contribution in [0, 0.1) is 0 Å². The highest BCUT2D eigenvalue weighted by Gasteiger charge is 2.46. The molecule has 0 aliphatic carbocycles. The monoisotopic (exact) mass is 545 g/mol. The van der Waals surface area contributed by atoms with E-state index in [-0.39, 0.29) is 24.5 Å². The van der Waals surface area contributed by atoms with Gasteiger partial charge in [-0.3, -0.25) is 9.59 Å². The molecule has 0 saturated carbocycles. The maximum atomic E-state index is 13.3. The van der Waals surface area contributed by atoms with Gasteiger partial charge in [-0.1, -0.05) is 43.3 Å². The molecule has 1 aliphatic heterocycles. The molecule has 0 aromatic heterocycles. The Hall–Kier alpha value is -4.30. The number of hydrogen-bond donors (Lipinski definition) is 1. The molecule has 1 heterocycles. The summed E-state index contributed by atoms with van der Waals surface area (Å²) < 4.78 is 22.8. The van der Waals surface area contributed by atoms with Gasteiger partial charge in [0.1, 0.15) is 18.1 Å². The van der Waals surface area contributed by atoms with Crippen molar-refractivity contribution < 1.29 is 33.6 Å². The smallest absolute Gasteiger partial charge is 0.295 e. The van der Waals surface area contributed by atoms with Crippen LogP contribution < -0.4 is 14.2 Å². The number of hydrogen-bond acceptors (Lipinski definition) is 7. The summed E-state index contributed by atoms with van der Waals surface area (Å²) in [4.78, 5) is 27.9. The number of ketones is 1. The molecule has 0 bridgehead atoms. The first kappa shape index (κ1) is 28.7. The summed E-state index contributed by atoms with van der Waals surface area (Å²) in [6, 6.07) is 21.0. The number of benzene rings is 3. The highest BCUT2D eigenvalue weighted by atomic mass is 16.5. The molecule has 4 rings (SSSR count). The van der Waals surface area contributed by atoms with E-state index in [2.05, 4.69) is 0 Å². The van der Waals surface area contributed by atoms with Crippen LogP contribution in [0.25, 0.3) is 5.76 Å². The van der Waals surface area contributed by atoms with E-state index in [1.54, 1.807) is 42.5 Å². The van der Waals surface area contributed by atoms with Crippen molar-refractivity contribution in [2.75, 3.05) is 33.5 Å². The Morgan fingerprint density at radius 1 is 0.875 bits per heavy atom. The van der Waals surface area contributed by atoms with Crippen LogP contribution in [-0.4, -0.2) is 55.2 Å². The summed E-state index contributed by atoms with van der Waals surface area (Å²) >= 11 is 0. The topological polar surface area (TPSA) is 94.5 Å². The maximum Gasteiger partial charge on any atom is 0.295 e. The van der Waals surface area contributed by atoms with Crippen molar-refractivity contribution in [3.8, 4) is 17.2 Å². The number of aliphatic hydroxyl groups excluding tert-OH is 1. The molecule has 40 heavy (non-hydrogen) atoms. The third-order valence-corrected chi connectivity index (χ3v) is 6.50. The second-order valence-electron chi connectivity index (χ2n) is 9.27. The van der Waals surface area contributed by atoms with E-state index in [0.29, 0.717) is 48.2 Å². The van der Waals surface area contributed by atoms with Crippen molar-refractivity contribution in [1.29, 1.82) is 0 Å². The quantitative estimate of drug-likeness (QED) is 0.172. The Labute approximate surface area is 234 Å². The Morgan fingerprint density at radius 3 is 2.30 bits per heavy atom. The lowest BCUT2D eigenvalue weighted by Gasteiger charge is -2.26. The average molecular weight is 546 g/mol. The van der Waals surface area contributed by atoms with Gasteiger partial charge in [0.05, 0.1) is 31.4 Å². The third kappa shape index (κ3) is 6.46. The predicted molar refractivity (Wildman–Crippen MR) is 151 cm³/mol. The predicted octanol–water partition coefficient (Wildman–Crippen LogP) is 5.52. The standard InChI is InChI=1S/C32H35NO7/c1-4-18-39-25-14-11-23(12-15-25)30(34)28-29(33(17-19-37-3)32(36)31(28)35)24-13-16-26(27(20-24)38-5-2)40-21-22-9-7-6-8-10-22/h6-16,20,29,34H,4-5,17-19,21H2,1-3H3/b30-28+. The van der Waals surface area contributed by atoms with E-state index >= 15 is 0 Å². The lowest BCUT2D eigenvalue weighted by Crippen LogP contribution is -2.32. The summed E-state index contributed by atoms with van der Waals surface area (Å²) in [7, 11) is 1.53. The zero-order valence-electron chi connectivity index (χ0n) is 23.1. The fourth-order valence-corrected chi connectivity index (χ4v) is 4.55. The van der Waals surface area contributed by atoms with Gasteiger partial charge in [0.2, 0.25) is 0 Å². The number of methoxy groups -OCH3 is 1. The number of aliphatic hydroxyl groups is 1. The van der Waals surface area contributed by atoms with Gasteiger partial charge in [-0.15, -0.1) is 0 Å². The molecule has 1 amide bonds. The molecule has 0 spiro atoms. The minimum atomic E-state index is -0.839. The fraction of sp³-hybridized carbons (Fsp3) is 0.312. The van der Waals surface area contributed by atoms with Crippen LogP contribution in [0.1, 0.15) is 43.0 Å². The maximum absolute atomic E-state index is 13.3. The molecule has 3 aromatic rings. The number of rotatable bonds is 13. The molecule has 1 atom stereocenters. The Balaban J connectivity index is 1.73. The minimum absolute atomic E-state index is 0.00346. The first-order valence-electron chi connectivity index (χ1n) is 13.4. The lowest BCUT2D eigenvalue weighted by molar-refractivity contribution is -0.140. The van der Waals surface area contributed by atoms with E-state index in [1.165, 1.54) is 12.0 Å². The van der Waals surface area contributed by atoms with Crippen LogP contribution in [0.4, 0.5) is 0 Å². The van der Waals surface area contributed by atoms with Crippen LogP contribution in [-0.2, 0) is 20.9 Å². The lowest BCUT2D eigenvalue weighted by atomic mass is 9.95. The Kier molecular flexibility index (Phi) is 9.81. The number of amides is 1. The van der Waals surface area contributed by atoms with Crippen molar-refractivity contribution in [3.05, 3.63) is 95.1 Å². The van der Waals surface area contributed by atoms with Crippen molar-refractivity contribution in [3.63, 3.8) is 0 Å². The van der Waals surface area contributed by atoms with Gasteiger partial charge in [0.15, 0.2) is 11.5 Å². The molecule has 1 aliphatic rings. The Bertz CT molecular complexity index is 1340. The molecule has 3 aromatic carbocycles. The summed E-state index contributed by atoms with van der Waals surface area (Å²) in [6.07, 6.45) is 0.868. The normalized spacial score (nSPS) is 16.3. The second-order valence-corrected chi connectivity index (χ2v) is 9.27. The summed E-state index contributed by atoms with van der Waals surface area (Å²) in [5, 5.41) is 11.3. The number of Topliss-reactive ketones (excluding diaryl/α,β-unsaturated/α-hetero) is 1. The van der Waals surface area contributed by atoms with Crippen molar-refractivity contribution in [1.82, 2.24) is 4.90 Å². The van der Waals surface area contributed by atoms with Gasteiger partial charge in [-0.05, 0) is 60.9 Å². The van der Waals surface area contributed by atoms with Gasteiger partial charge in [-0.25, -0.2) is 0 Å². The SMILES string of the molecule is CCCOc1ccc(/C(O)=C2\C(=O)C(=O)N(CCOC)C2c2ccc(OCc3ccccc3)c(OCC)c2)cc1. The van der Waals surface area contributed by atoms with Crippen LogP contribution in [0.2, 0.25) is 0 Å². The zero-order chi connectivity index (χ0) is 28.5. The molecule has 8 heteroatoms. The Morgan fingerprint density at radius 2 is 1.62 bits per heavy atom. The molecule has 1 fully saturated rings. The summed E-state index contributed by atoms with van der Waals surface area (Å²) in [5.41, 5.74) is 2.03. The number of likely N-dealkylation sites (tertiary alicyclic amines) is 1. The molecule has 1 saturated heterocycles. The van der Waals surface area contributed by atoms with E-state index < -0.39 is 17.7 Å². The van der Waals surface area contributed by atoms with Crippen LogP contribution in [0.15, 0.2) is 78.4 Å². The van der Waals surface area contributed by atoms with Crippen LogP contribution in [0.5, 0.6) is 17.2 Å². The highest BCUT2D eigenvalue weighted by molar-refractivity contribution is 6.46. The van der Waals surface area contributed by atoms with Gasteiger partial charge in [0, 0.05) is 19.2 Å². The zero-order valence-corrected chi connectivity index (χ0v) is 23.1. The molecular formula is C32H35NO7. The van der Waals surface area contributed by atoms with Gasteiger partial charge in [-0.2, -0.15) is 0 Å². The number of nitrogens with zero attached hydrogens (tertiary/aromatic N) is 1.